The Labute approximate surface area is 204 Å². The Balaban J connectivity index is 1.22. The lowest BCUT2D eigenvalue weighted by Gasteiger charge is -2.53. The number of fused-ring (bicyclic) bond motifs is 5. The summed E-state index contributed by atoms with van der Waals surface area (Å²) in [5, 5.41) is 0. The molecule has 4 fully saturated rings. The van der Waals surface area contributed by atoms with Gasteiger partial charge in [0.15, 0.2) is 0 Å². The zero-order valence-electron chi connectivity index (χ0n) is 22.0. The van der Waals surface area contributed by atoms with Crippen molar-refractivity contribution in [3.63, 3.8) is 0 Å². The fraction of sp³-hybridized carbons (Fsp3) is 0.750. The van der Waals surface area contributed by atoms with E-state index in [1.54, 1.807) is 19.3 Å². The third kappa shape index (κ3) is 4.05. The standard InChI is InChI=1S/C32H49N/c1-23(30(33(4)5)24-13-7-6-8-14-24)12-11-16-26-18-20-28-27-19-17-25-15-9-10-21-31(25,2)29(27)22-32(26,28)3/h6-8,13-14,25-30H,1,9-12,15-22H2,2-5H3/t25?,26?,27?,28?,29?,30-,31?,32?/m0/s1. The van der Waals surface area contributed by atoms with Crippen molar-refractivity contribution >= 4 is 0 Å². The Bertz CT molecular complexity index is 826. The molecule has 0 amide bonds. The molecular formula is C32H49N. The largest absolute Gasteiger partial charge is 0.299 e. The van der Waals surface area contributed by atoms with Gasteiger partial charge in [0, 0.05) is 0 Å². The minimum atomic E-state index is 0.343. The first-order chi connectivity index (χ1) is 15.8. The second-order valence-corrected chi connectivity index (χ2v) is 13.2. The van der Waals surface area contributed by atoms with E-state index in [2.05, 4.69) is 69.8 Å². The molecule has 4 saturated carbocycles. The van der Waals surface area contributed by atoms with Crippen LogP contribution in [0.1, 0.15) is 103 Å². The molecule has 4 aliphatic carbocycles. The molecular weight excluding hydrogens is 398 g/mol. The summed E-state index contributed by atoms with van der Waals surface area (Å²) in [7, 11) is 4.40. The maximum Gasteiger partial charge on any atom is 0.0553 e. The number of likely N-dealkylation sites (N-methyl/N-ethyl adjacent to an activating group) is 1. The van der Waals surface area contributed by atoms with Crippen LogP contribution in [0.2, 0.25) is 0 Å². The molecule has 7 unspecified atom stereocenters. The topological polar surface area (TPSA) is 3.24 Å². The molecule has 0 spiro atoms. The highest BCUT2D eigenvalue weighted by molar-refractivity contribution is 5.27. The summed E-state index contributed by atoms with van der Waals surface area (Å²) in [6.07, 6.45) is 17.6. The summed E-state index contributed by atoms with van der Waals surface area (Å²) in [5.74, 6) is 5.08. The Kier molecular flexibility index (Phi) is 6.58. The van der Waals surface area contributed by atoms with Crippen LogP contribution in [0.15, 0.2) is 42.5 Å². The molecule has 1 heteroatoms. The Morgan fingerprint density at radius 1 is 0.970 bits per heavy atom. The minimum absolute atomic E-state index is 0.343. The van der Waals surface area contributed by atoms with Crippen molar-refractivity contribution in [1.29, 1.82) is 0 Å². The van der Waals surface area contributed by atoms with Crippen LogP contribution in [-0.4, -0.2) is 19.0 Å². The molecule has 4 aliphatic rings. The third-order valence-electron chi connectivity index (χ3n) is 11.5. The molecule has 0 heterocycles. The summed E-state index contributed by atoms with van der Waals surface area (Å²) in [6.45, 7) is 10.0. The van der Waals surface area contributed by atoms with E-state index in [-0.39, 0.29) is 0 Å². The van der Waals surface area contributed by atoms with E-state index >= 15 is 0 Å². The maximum absolute atomic E-state index is 4.57. The smallest absolute Gasteiger partial charge is 0.0553 e. The van der Waals surface area contributed by atoms with Crippen LogP contribution in [-0.2, 0) is 0 Å². The highest BCUT2D eigenvalue weighted by Gasteiger charge is 2.62. The SMILES string of the molecule is C=C(CCCC1CCC2C3CCC4CCCCC4(C)C3CC12C)[C@@H](c1ccccc1)N(C)C. The molecule has 1 nitrogen and oxygen atoms in total. The number of nitrogens with zero attached hydrogens (tertiary/aromatic N) is 1. The first-order valence-corrected chi connectivity index (χ1v) is 14.2. The normalized spacial score (nSPS) is 40.8. The van der Waals surface area contributed by atoms with Gasteiger partial charge in [-0.15, -0.1) is 0 Å². The van der Waals surface area contributed by atoms with Crippen LogP contribution < -0.4 is 0 Å². The first-order valence-electron chi connectivity index (χ1n) is 14.2. The Morgan fingerprint density at radius 3 is 2.52 bits per heavy atom. The van der Waals surface area contributed by atoms with E-state index in [0.29, 0.717) is 16.9 Å². The van der Waals surface area contributed by atoms with E-state index < -0.39 is 0 Å². The second-order valence-electron chi connectivity index (χ2n) is 13.2. The molecule has 5 rings (SSSR count). The maximum atomic E-state index is 4.57. The lowest BCUT2D eigenvalue weighted by molar-refractivity contribution is -0.0307. The van der Waals surface area contributed by atoms with Crippen LogP contribution in [0, 0.1) is 40.4 Å². The third-order valence-corrected chi connectivity index (χ3v) is 11.5. The fourth-order valence-electron chi connectivity index (χ4n) is 9.90. The van der Waals surface area contributed by atoms with E-state index in [4.69, 9.17) is 0 Å². The van der Waals surface area contributed by atoms with Gasteiger partial charge < -0.3 is 0 Å². The highest BCUT2D eigenvalue weighted by atomic mass is 15.1. The molecule has 0 aliphatic heterocycles. The molecule has 0 bridgehead atoms. The monoisotopic (exact) mass is 447 g/mol. The van der Waals surface area contributed by atoms with Gasteiger partial charge in [-0.1, -0.05) is 69.2 Å². The number of rotatable bonds is 7. The predicted octanol–water partition coefficient (Wildman–Crippen LogP) is 8.67. The summed E-state index contributed by atoms with van der Waals surface area (Å²) in [6, 6.07) is 11.3. The summed E-state index contributed by atoms with van der Waals surface area (Å²) >= 11 is 0. The lowest BCUT2D eigenvalue weighted by atomic mass is 9.52. The average Bonchev–Trinajstić information content (AvgIpc) is 3.27. The van der Waals surface area contributed by atoms with Crippen molar-refractivity contribution in [2.75, 3.05) is 14.1 Å². The zero-order chi connectivity index (χ0) is 23.2. The lowest BCUT2D eigenvalue weighted by Crippen LogP contribution is -2.44. The Hall–Kier alpha value is -1.08. The molecule has 1 aromatic carbocycles. The molecule has 8 atom stereocenters. The van der Waals surface area contributed by atoms with Gasteiger partial charge in [-0.25, -0.2) is 0 Å². The van der Waals surface area contributed by atoms with Gasteiger partial charge in [0.05, 0.1) is 6.04 Å². The zero-order valence-corrected chi connectivity index (χ0v) is 22.0. The molecule has 0 N–H and O–H groups in total. The van der Waals surface area contributed by atoms with Crippen LogP contribution >= 0.6 is 0 Å². The van der Waals surface area contributed by atoms with Crippen LogP contribution in [0.25, 0.3) is 0 Å². The second kappa shape index (κ2) is 9.18. The summed E-state index contributed by atoms with van der Waals surface area (Å²) in [4.78, 5) is 2.34. The molecule has 1 aromatic rings. The van der Waals surface area contributed by atoms with Crippen molar-refractivity contribution in [3.05, 3.63) is 48.0 Å². The van der Waals surface area contributed by atoms with Gasteiger partial charge in [0.1, 0.15) is 0 Å². The quantitative estimate of drug-likeness (QED) is 0.378. The van der Waals surface area contributed by atoms with E-state index in [1.165, 1.54) is 68.9 Å². The summed E-state index contributed by atoms with van der Waals surface area (Å²) in [5.41, 5.74) is 4.06. The predicted molar refractivity (Wildman–Crippen MR) is 141 cm³/mol. The van der Waals surface area contributed by atoms with E-state index in [1.807, 2.05) is 0 Å². The first kappa shape index (κ1) is 23.7. The summed E-state index contributed by atoms with van der Waals surface area (Å²) < 4.78 is 0. The number of benzene rings is 1. The van der Waals surface area contributed by atoms with Gasteiger partial charge in [0.2, 0.25) is 0 Å². The van der Waals surface area contributed by atoms with E-state index in [0.717, 1.165) is 29.6 Å². The van der Waals surface area contributed by atoms with Crippen molar-refractivity contribution in [1.82, 2.24) is 4.90 Å². The van der Waals surface area contributed by atoms with E-state index in [9.17, 15) is 0 Å². The Morgan fingerprint density at radius 2 is 1.76 bits per heavy atom. The van der Waals surface area contributed by atoms with Crippen LogP contribution in [0.5, 0.6) is 0 Å². The van der Waals surface area contributed by atoms with Gasteiger partial charge in [0.25, 0.3) is 0 Å². The van der Waals surface area contributed by atoms with Gasteiger partial charge in [-0.3, -0.25) is 4.90 Å². The van der Waals surface area contributed by atoms with Crippen molar-refractivity contribution < 1.29 is 0 Å². The molecule has 33 heavy (non-hydrogen) atoms. The minimum Gasteiger partial charge on any atom is -0.299 e. The van der Waals surface area contributed by atoms with Crippen molar-refractivity contribution in [3.8, 4) is 0 Å². The molecule has 0 aromatic heterocycles. The average molecular weight is 448 g/mol. The molecule has 182 valence electrons. The van der Waals surface area contributed by atoms with Gasteiger partial charge >= 0.3 is 0 Å². The molecule has 0 radical (unpaired) electrons. The highest BCUT2D eigenvalue weighted by Crippen LogP contribution is 2.71. The van der Waals surface area contributed by atoms with Crippen LogP contribution in [0.4, 0.5) is 0 Å². The molecule has 0 saturated heterocycles. The van der Waals surface area contributed by atoms with Gasteiger partial charge in [-0.05, 0) is 124 Å². The van der Waals surface area contributed by atoms with Crippen LogP contribution in [0.3, 0.4) is 0 Å². The number of hydrogen-bond donors (Lipinski definition) is 0. The fourth-order valence-corrected chi connectivity index (χ4v) is 9.90. The van der Waals surface area contributed by atoms with Crippen molar-refractivity contribution in [2.24, 2.45) is 40.4 Å². The van der Waals surface area contributed by atoms with Gasteiger partial charge in [-0.2, -0.15) is 0 Å². The number of hydrogen-bond acceptors (Lipinski definition) is 1. The van der Waals surface area contributed by atoms with Crippen molar-refractivity contribution in [2.45, 2.75) is 96.9 Å².